The van der Waals surface area contributed by atoms with E-state index in [1.54, 1.807) is 43.1 Å². The van der Waals surface area contributed by atoms with E-state index in [0.29, 0.717) is 11.3 Å². The number of aromatic amines is 2. The van der Waals surface area contributed by atoms with Gasteiger partial charge in [0.15, 0.2) is 5.65 Å². The molecule has 6 aromatic rings. The number of H-pyrrole nitrogens is 2. The van der Waals surface area contributed by atoms with Gasteiger partial charge in [0.05, 0.1) is 35.0 Å². The molecule has 0 saturated carbocycles. The van der Waals surface area contributed by atoms with Gasteiger partial charge in [-0.1, -0.05) is 32.9 Å². The molecule has 1 amide bonds. The van der Waals surface area contributed by atoms with Gasteiger partial charge >= 0.3 is 0 Å². The van der Waals surface area contributed by atoms with Gasteiger partial charge in [-0.25, -0.2) is 9.37 Å². The van der Waals surface area contributed by atoms with E-state index in [0.717, 1.165) is 49.9 Å². The smallest absolute Gasteiger partial charge is 0.229 e. The zero-order valence-corrected chi connectivity index (χ0v) is 21.0. The normalized spacial score (nSPS) is 11.8. The van der Waals surface area contributed by atoms with Gasteiger partial charge in [0.1, 0.15) is 5.82 Å². The fourth-order valence-corrected chi connectivity index (χ4v) is 4.29. The zero-order valence-electron chi connectivity index (χ0n) is 21.0. The maximum atomic E-state index is 13.5. The van der Waals surface area contributed by atoms with E-state index in [4.69, 9.17) is 0 Å². The predicted molar refractivity (Wildman–Crippen MR) is 146 cm³/mol. The number of amides is 1. The number of fused-ring (bicyclic) bond motifs is 2. The van der Waals surface area contributed by atoms with Crippen molar-refractivity contribution in [3.8, 4) is 33.6 Å². The minimum atomic E-state index is -0.520. The maximum Gasteiger partial charge on any atom is 0.229 e. The minimum Gasteiger partial charge on any atom is -0.352 e. The van der Waals surface area contributed by atoms with Crippen molar-refractivity contribution in [3.05, 3.63) is 79.3 Å². The number of carbonyl (C=O) groups is 1. The number of benzene rings is 1. The molecule has 5 heterocycles. The molecular formula is C29H24FN7O. The molecule has 0 aliphatic heterocycles. The third kappa shape index (κ3) is 4.28. The van der Waals surface area contributed by atoms with Crippen LogP contribution in [0.1, 0.15) is 20.8 Å². The summed E-state index contributed by atoms with van der Waals surface area (Å²) in [5.41, 5.74) is 6.54. The van der Waals surface area contributed by atoms with Gasteiger partial charge < -0.3 is 10.3 Å². The van der Waals surface area contributed by atoms with Crippen LogP contribution >= 0.6 is 0 Å². The molecule has 3 N–H and O–H groups in total. The number of carbonyl (C=O) groups excluding carboxylic acids is 1. The Morgan fingerprint density at radius 3 is 2.42 bits per heavy atom. The predicted octanol–water partition coefficient (Wildman–Crippen LogP) is 6.35. The van der Waals surface area contributed by atoms with Crippen LogP contribution in [0.3, 0.4) is 0 Å². The van der Waals surface area contributed by atoms with Gasteiger partial charge in [-0.05, 0) is 35.9 Å². The highest BCUT2D eigenvalue weighted by Gasteiger charge is 2.21. The number of pyridine rings is 3. The zero-order chi connectivity index (χ0) is 26.4. The summed E-state index contributed by atoms with van der Waals surface area (Å²) in [6, 6.07) is 12.3. The molecule has 0 saturated heterocycles. The van der Waals surface area contributed by atoms with Gasteiger partial charge in [-0.3, -0.25) is 19.9 Å². The van der Waals surface area contributed by atoms with Crippen LogP contribution in [0.4, 0.5) is 10.1 Å². The van der Waals surface area contributed by atoms with Crippen LogP contribution in [-0.2, 0) is 4.79 Å². The number of aromatic nitrogens is 6. The Balaban J connectivity index is 1.39. The fraction of sp³-hybridized carbons (Fsp3) is 0.138. The summed E-state index contributed by atoms with van der Waals surface area (Å²) < 4.78 is 13.5. The van der Waals surface area contributed by atoms with Gasteiger partial charge in [-0.15, -0.1) is 0 Å². The van der Waals surface area contributed by atoms with Crippen molar-refractivity contribution in [3.63, 3.8) is 0 Å². The molecule has 0 aliphatic carbocycles. The molecule has 9 heteroatoms. The van der Waals surface area contributed by atoms with Crippen molar-refractivity contribution in [1.82, 2.24) is 30.1 Å². The third-order valence-electron chi connectivity index (χ3n) is 6.39. The van der Waals surface area contributed by atoms with E-state index in [1.807, 2.05) is 39.0 Å². The van der Waals surface area contributed by atoms with Crippen molar-refractivity contribution in [2.75, 3.05) is 5.32 Å². The van der Waals surface area contributed by atoms with Gasteiger partial charge in [0.2, 0.25) is 5.91 Å². The summed E-state index contributed by atoms with van der Waals surface area (Å²) in [4.78, 5) is 29.1. The van der Waals surface area contributed by atoms with E-state index >= 15 is 0 Å². The van der Waals surface area contributed by atoms with E-state index in [1.165, 1.54) is 12.1 Å². The average molecular weight is 506 g/mol. The summed E-state index contributed by atoms with van der Waals surface area (Å²) in [6.07, 6.45) is 8.63. The summed E-state index contributed by atoms with van der Waals surface area (Å²) >= 11 is 0. The number of hydrogen-bond acceptors (Lipinski definition) is 5. The second-order valence-corrected chi connectivity index (χ2v) is 10.2. The second kappa shape index (κ2) is 8.88. The quantitative estimate of drug-likeness (QED) is 0.258. The molecule has 0 radical (unpaired) electrons. The molecule has 6 rings (SSSR count). The Labute approximate surface area is 217 Å². The molecule has 188 valence electrons. The van der Waals surface area contributed by atoms with Crippen LogP contribution in [0.25, 0.3) is 55.6 Å². The van der Waals surface area contributed by atoms with Crippen molar-refractivity contribution in [1.29, 1.82) is 0 Å². The summed E-state index contributed by atoms with van der Waals surface area (Å²) in [6.45, 7) is 5.59. The Morgan fingerprint density at radius 2 is 1.63 bits per heavy atom. The second-order valence-electron chi connectivity index (χ2n) is 10.2. The molecular weight excluding hydrogens is 481 g/mol. The van der Waals surface area contributed by atoms with E-state index < -0.39 is 5.41 Å². The molecule has 0 fully saturated rings. The van der Waals surface area contributed by atoms with E-state index in [9.17, 15) is 9.18 Å². The van der Waals surface area contributed by atoms with E-state index in [-0.39, 0.29) is 11.7 Å². The summed E-state index contributed by atoms with van der Waals surface area (Å²) in [7, 11) is 0. The lowest BCUT2D eigenvalue weighted by Crippen LogP contribution is -2.27. The van der Waals surface area contributed by atoms with Gasteiger partial charge in [-0.2, -0.15) is 5.10 Å². The van der Waals surface area contributed by atoms with Crippen LogP contribution in [0.2, 0.25) is 0 Å². The van der Waals surface area contributed by atoms with Gasteiger partial charge in [0, 0.05) is 51.5 Å². The van der Waals surface area contributed by atoms with Crippen LogP contribution in [0.5, 0.6) is 0 Å². The molecule has 8 nitrogen and oxygen atoms in total. The van der Waals surface area contributed by atoms with Crippen LogP contribution < -0.4 is 5.32 Å². The number of nitrogens with one attached hydrogen (secondary N) is 3. The highest BCUT2D eigenvalue weighted by Crippen LogP contribution is 2.34. The molecule has 38 heavy (non-hydrogen) atoms. The van der Waals surface area contributed by atoms with Crippen molar-refractivity contribution < 1.29 is 9.18 Å². The SMILES string of the molecule is CC(C)(C)C(=O)Nc1cncc(-c2cnc3n[nH]c(-c4cc5c(-c6ccc(F)cc6)cncc5[nH]4)c3c2)c1. The number of hydrogen-bond donors (Lipinski definition) is 3. The summed E-state index contributed by atoms with van der Waals surface area (Å²) in [5, 5.41) is 12.2. The van der Waals surface area contributed by atoms with Crippen molar-refractivity contribution in [2.45, 2.75) is 20.8 Å². The maximum absolute atomic E-state index is 13.5. The van der Waals surface area contributed by atoms with Gasteiger partial charge in [0.25, 0.3) is 0 Å². The standard InChI is InChI=1S/C29H24FN7O/c1-29(2,3)28(38)34-20-8-17(11-31-13-20)18-9-22-26(36-37-27(22)33-12-18)24-10-21-23(14-32-15-25(21)35-24)16-4-6-19(30)7-5-16/h4-15,35H,1-3H3,(H,34,38)(H,33,36,37). The molecule has 0 unspecified atom stereocenters. The molecule has 0 spiro atoms. The number of anilines is 1. The lowest BCUT2D eigenvalue weighted by atomic mass is 9.95. The highest BCUT2D eigenvalue weighted by molar-refractivity contribution is 6.01. The van der Waals surface area contributed by atoms with Crippen LogP contribution in [0, 0.1) is 11.2 Å². The van der Waals surface area contributed by atoms with E-state index in [2.05, 4.69) is 35.5 Å². The van der Waals surface area contributed by atoms with Crippen molar-refractivity contribution >= 4 is 33.5 Å². The molecule has 5 aromatic heterocycles. The summed E-state index contributed by atoms with van der Waals surface area (Å²) in [5.74, 6) is -0.372. The van der Waals surface area contributed by atoms with Crippen LogP contribution in [-0.4, -0.2) is 36.0 Å². The third-order valence-corrected chi connectivity index (χ3v) is 6.39. The first-order valence-electron chi connectivity index (χ1n) is 12.1. The number of halogens is 1. The first-order valence-corrected chi connectivity index (χ1v) is 12.1. The first kappa shape index (κ1) is 23.5. The van der Waals surface area contributed by atoms with Crippen molar-refractivity contribution in [2.24, 2.45) is 5.41 Å². The fourth-order valence-electron chi connectivity index (χ4n) is 4.29. The first-order chi connectivity index (χ1) is 18.3. The topological polar surface area (TPSA) is 112 Å². The highest BCUT2D eigenvalue weighted by atomic mass is 19.1. The molecule has 1 aromatic carbocycles. The Bertz CT molecular complexity index is 1810. The monoisotopic (exact) mass is 505 g/mol. The minimum absolute atomic E-state index is 0.0875. The molecule has 0 aliphatic rings. The number of nitrogens with zero attached hydrogens (tertiary/aromatic N) is 4. The molecule has 0 atom stereocenters. The Hall–Kier alpha value is -4.92. The van der Waals surface area contributed by atoms with Crippen LogP contribution in [0.15, 0.2) is 73.4 Å². The lowest BCUT2D eigenvalue weighted by Gasteiger charge is -2.17. The Morgan fingerprint density at radius 1 is 0.868 bits per heavy atom. The molecule has 0 bridgehead atoms. The lowest BCUT2D eigenvalue weighted by molar-refractivity contribution is -0.123. The average Bonchev–Trinajstić information content (AvgIpc) is 3.52. The number of rotatable bonds is 4. The largest absolute Gasteiger partial charge is 0.352 e. The Kier molecular flexibility index (Phi) is 5.48.